The lowest BCUT2D eigenvalue weighted by Crippen LogP contribution is -2.40. The molecule has 3 rings (SSSR count). The highest BCUT2D eigenvalue weighted by molar-refractivity contribution is 6.19. The molecule has 3 atom stereocenters. The standard InChI is InChI=1S/C19H22O5/c1-5-18(13(20)12-10-8-7-9-11-12)14-17(3,4)24-16(22)19(14,18)15(21)23-6-2/h7-11,14H,5-6H2,1-4H3/t14-,18-,19-/m1/s1. The Labute approximate surface area is 141 Å². The normalized spacial score (nSPS) is 32.7. The second-order valence-corrected chi connectivity index (χ2v) is 6.97. The molecule has 0 N–H and O–H groups in total. The summed E-state index contributed by atoms with van der Waals surface area (Å²) in [5.74, 6) is -1.98. The van der Waals surface area contributed by atoms with E-state index in [0.29, 0.717) is 12.0 Å². The van der Waals surface area contributed by atoms with Gasteiger partial charge in [-0.05, 0) is 27.2 Å². The summed E-state index contributed by atoms with van der Waals surface area (Å²) in [7, 11) is 0. The van der Waals surface area contributed by atoms with Gasteiger partial charge in [-0.25, -0.2) is 0 Å². The van der Waals surface area contributed by atoms with Crippen molar-refractivity contribution in [2.45, 2.75) is 39.7 Å². The first-order valence-electron chi connectivity index (χ1n) is 8.31. The van der Waals surface area contributed by atoms with Crippen molar-refractivity contribution in [2.24, 2.45) is 16.7 Å². The molecule has 0 unspecified atom stereocenters. The summed E-state index contributed by atoms with van der Waals surface area (Å²) in [5.41, 5.74) is -3.00. The van der Waals surface area contributed by atoms with Crippen LogP contribution < -0.4 is 0 Å². The Bertz CT molecular complexity index is 708. The number of hydrogen-bond acceptors (Lipinski definition) is 5. The number of carbonyl (C=O) groups excluding carboxylic acids is 3. The van der Waals surface area contributed by atoms with Crippen molar-refractivity contribution in [1.29, 1.82) is 0 Å². The number of ether oxygens (including phenoxy) is 2. The molecule has 1 saturated heterocycles. The highest BCUT2D eigenvalue weighted by atomic mass is 16.6. The predicted octanol–water partition coefficient (Wildman–Crippen LogP) is 2.78. The Morgan fingerprint density at radius 2 is 1.79 bits per heavy atom. The van der Waals surface area contributed by atoms with Gasteiger partial charge in [-0.1, -0.05) is 37.3 Å². The van der Waals surface area contributed by atoms with E-state index in [9.17, 15) is 14.4 Å². The molecule has 0 radical (unpaired) electrons. The van der Waals surface area contributed by atoms with Crippen molar-refractivity contribution in [3.63, 3.8) is 0 Å². The van der Waals surface area contributed by atoms with E-state index >= 15 is 0 Å². The lowest BCUT2D eigenvalue weighted by molar-refractivity contribution is -0.166. The molecule has 2 fully saturated rings. The number of ketones is 1. The molecule has 24 heavy (non-hydrogen) atoms. The molecule has 1 heterocycles. The summed E-state index contributed by atoms with van der Waals surface area (Å²) < 4.78 is 10.6. The van der Waals surface area contributed by atoms with Gasteiger partial charge in [0.25, 0.3) is 0 Å². The van der Waals surface area contributed by atoms with Gasteiger partial charge >= 0.3 is 11.9 Å². The Morgan fingerprint density at radius 3 is 2.33 bits per heavy atom. The number of esters is 2. The zero-order valence-electron chi connectivity index (χ0n) is 14.4. The first-order chi connectivity index (χ1) is 11.3. The lowest BCUT2D eigenvalue weighted by atomic mass is 9.81. The topological polar surface area (TPSA) is 69.7 Å². The van der Waals surface area contributed by atoms with E-state index < -0.39 is 34.3 Å². The van der Waals surface area contributed by atoms with Gasteiger partial charge in [0.05, 0.1) is 12.0 Å². The van der Waals surface area contributed by atoms with E-state index in [-0.39, 0.29) is 12.4 Å². The van der Waals surface area contributed by atoms with Crippen molar-refractivity contribution < 1.29 is 23.9 Å². The zero-order chi connectivity index (χ0) is 17.8. The molecule has 1 aliphatic heterocycles. The van der Waals surface area contributed by atoms with E-state index in [1.807, 2.05) is 13.0 Å². The fraction of sp³-hybridized carbons (Fsp3) is 0.526. The molecule has 1 saturated carbocycles. The van der Waals surface area contributed by atoms with Gasteiger partial charge in [-0.3, -0.25) is 14.4 Å². The monoisotopic (exact) mass is 330 g/mol. The SMILES string of the molecule is CCOC(=O)[C@@]12C(=O)OC(C)(C)[C@@H]1[C@@]2(CC)C(=O)c1ccccc1. The van der Waals surface area contributed by atoms with Crippen LogP contribution in [0.3, 0.4) is 0 Å². The minimum absolute atomic E-state index is 0.153. The molecule has 5 heteroatoms. The highest BCUT2D eigenvalue weighted by Gasteiger charge is 2.95. The summed E-state index contributed by atoms with van der Waals surface area (Å²) in [5, 5.41) is 0. The second kappa shape index (κ2) is 5.16. The Balaban J connectivity index is 2.15. The Hall–Kier alpha value is -2.17. The molecular formula is C19H22O5. The average molecular weight is 330 g/mol. The van der Waals surface area contributed by atoms with Crippen LogP contribution in [0.1, 0.15) is 44.5 Å². The van der Waals surface area contributed by atoms with E-state index in [2.05, 4.69) is 0 Å². The molecule has 0 amide bonds. The molecule has 2 aliphatic rings. The number of fused-ring (bicyclic) bond motifs is 1. The number of Topliss-reactive ketones (excluding diaryl/α,β-unsaturated/α-hetero) is 1. The van der Waals surface area contributed by atoms with Crippen molar-refractivity contribution in [3.05, 3.63) is 35.9 Å². The minimum Gasteiger partial charge on any atom is -0.465 e. The molecule has 1 aromatic rings. The van der Waals surface area contributed by atoms with Gasteiger partial charge in [0, 0.05) is 11.5 Å². The van der Waals surface area contributed by atoms with Gasteiger partial charge in [0.1, 0.15) is 5.60 Å². The molecule has 5 nitrogen and oxygen atoms in total. The fourth-order valence-electron chi connectivity index (χ4n) is 4.76. The number of benzene rings is 1. The van der Waals surface area contributed by atoms with Gasteiger partial charge in [-0.2, -0.15) is 0 Å². The van der Waals surface area contributed by atoms with Gasteiger partial charge in [0.15, 0.2) is 11.2 Å². The number of hydrogen-bond donors (Lipinski definition) is 0. The maximum atomic E-state index is 13.3. The van der Waals surface area contributed by atoms with E-state index in [1.165, 1.54) is 0 Å². The highest BCUT2D eigenvalue weighted by Crippen LogP contribution is 2.80. The summed E-state index contributed by atoms with van der Waals surface area (Å²) >= 11 is 0. The Morgan fingerprint density at radius 1 is 1.17 bits per heavy atom. The summed E-state index contributed by atoms with van der Waals surface area (Å²) in [6, 6.07) is 8.79. The molecule has 128 valence electrons. The number of rotatable bonds is 5. The van der Waals surface area contributed by atoms with E-state index in [1.54, 1.807) is 45.0 Å². The fourth-order valence-corrected chi connectivity index (χ4v) is 4.76. The first kappa shape index (κ1) is 16.7. The third-order valence-corrected chi connectivity index (χ3v) is 5.52. The predicted molar refractivity (Wildman–Crippen MR) is 86.2 cm³/mol. The maximum absolute atomic E-state index is 13.3. The average Bonchev–Trinajstić information content (AvgIpc) is 3.15. The molecule has 0 spiro atoms. The molecule has 1 aromatic carbocycles. The third kappa shape index (κ3) is 1.73. The smallest absolute Gasteiger partial charge is 0.325 e. The van der Waals surface area contributed by atoms with Crippen molar-refractivity contribution in [1.82, 2.24) is 0 Å². The lowest BCUT2D eigenvalue weighted by Gasteiger charge is -2.28. The van der Waals surface area contributed by atoms with Crippen molar-refractivity contribution >= 4 is 17.7 Å². The number of carbonyl (C=O) groups is 3. The maximum Gasteiger partial charge on any atom is 0.325 e. The van der Waals surface area contributed by atoms with Crippen LogP contribution in [0.15, 0.2) is 30.3 Å². The minimum atomic E-state index is -1.52. The van der Waals surface area contributed by atoms with Gasteiger partial charge in [0.2, 0.25) is 0 Å². The van der Waals surface area contributed by atoms with E-state index in [4.69, 9.17) is 9.47 Å². The van der Waals surface area contributed by atoms with E-state index in [0.717, 1.165) is 0 Å². The largest absolute Gasteiger partial charge is 0.465 e. The Kier molecular flexibility index (Phi) is 3.59. The number of cyclic esters (lactones) is 1. The first-order valence-corrected chi connectivity index (χ1v) is 8.31. The van der Waals surface area contributed by atoms with Crippen LogP contribution in [0, 0.1) is 16.7 Å². The second-order valence-electron chi connectivity index (χ2n) is 6.97. The van der Waals surface area contributed by atoms with Crippen molar-refractivity contribution in [3.8, 4) is 0 Å². The molecular weight excluding hydrogens is 308 g/mol. The van der Waals surface area contributed by atoms with Crippen LogP contribution in [-0.4, -0.2) is 29.9 Å². The van der Waals surface area contributed by atoms with Crippen LogP contribution in [-0.2, 0) is 19.1 Å². The van der Waals surface area contributed by atoms with Gasteiger partial charge in [-0.15, -0.1) is 0 Å². The summed E-state index contributed by atoms with van der Waals surface area (Å²) in [6.07, 6.45) is 0.378. The van der Waals surface area contributed by atoms with Crippen LogP contribution in [0.4, 0.5) is 0 Å². The summed E-state index contributed by atoms with van der Waals surface area (Å²) in [4.78, 5) is 38.8. The quantitative estimate of drug-likeness (QED) is 0.472. The van der Waals surface area contributed by atoms with Gasteiger partial charge < -0.3 is 9.47 Å². The van der Waals surface area contributed by atoms with Crippen LogP contribution >= 0.6 is 0 Å². The molecule has 0 aromatic heterocycles. The molecule has 0 bridgehead atoms. The van der Waals surface area contributed by atoms with Crippen LogP contribution in [0.25, 0.3) is 0 Å². The van der Waals surface area contributed by atoms with Crippen LogP contribution in [0.2, 0.25) is 0 Å². The van der Waals surface area contributed by atoms with Crippen LogP contribution in [0.5, 0.6) is 0 Å². The third-order valence-electron chi connectivity index (χ3n) is 5.52. The zero-order valence-corrected chi connectivity index (χ0v) is 14.4. The van der Waals surface area contributed by atoms with Crippen molar-refractivity contribution in [2.75, 3.05) is 6.61 Å². The molecule has 1 aliphatic carbocycles. The summed E-state index contributed by atoms with van der Waals surface area (Å²) in [6.45, 7) is 7.19.